The second-order valence-corrected chi connectivity index (χ2v) is 7.03. The first-order chi connectivity index (χ1) is 8.32. The number of nitrogens with one attached hydrogen (secondary N) is 1. The van der Waals surface area contributed by atoms with E-state index in [0.717, 1.165) is 23.8 Å². The standard InChI is InChI=1S/C10H13NO5S2/c12-9(13)8-4-7(5-17-8)18(15,16)11-6-10(14)2-1-3-10/h4-5,11,14H,1-3,6H2,(H,12,13). The molecule has 1 saturated carbocycles. The highest BCUT2D eigenvalue weighted by Gasteiger charge is 2.35. The minimum absolute atomic E-state index is 0.0299. The van der Waals surface area contributed by atoms with Crippen molar-refractivity contribution in [3.05, 3.63) is 16.3 Å². The first-order valence-corrected chi connectivity index (χ1v) is 7.73. The van der Waals surface area contributed by atoms with Gasteiger partial charge in [0.1, 0.15) is 4.88 Å². The summed E-state index contributed by atoms with van der Waals surface area (Å²) in [6.07, 6.45) is 2.05. The van der Waals surface area contributed by atoms with Crippen LogP contribution in [-0.2, 0) is 10.0 Å². The smallest absolute Gasteiger partial charge is 0.345 e. The van der Waals surface area contributed by atoms with Gasteiger partial charge in [-0.2, -0.15) is 0 Å². The summed E-state index contributed by atoms with van der Waals surface area (Å²) >= 11 is 0.856. The first kappa shape index (κ1) is 13.5. The van der Waals surface area contributed by atoms with Gasteiger partial charge >= 0.3 is 5.97 Å². The molecule has 0 saturated heterocycles. The molecule has 1 aromatic rings. The number of hydrogen-bond acceptors (Lipinski definition) is 5. The van der Waals surface area contributed by atoms with Crippen LogP contribution in [0, 0.1) is 0 Å². The van der Waals surface area contributed by atoms with E-state index in [1.54, 1.807) is 0 Å². The van der Waals surface area contributed by atoms with Crippen molar-refractivity contribution in [2.45, 2.75) is 29.8 Å². The Morgan fingerprint density at radius 3 is 2.61 bits per heavy atom. The van der Waals surface area contributed by atoms with E-state index in [1.165, 1.54) is 5.38 Å². The second-order valence-electron chi connectivity index (χ2n) is 4.35. The number of aromatic carboxylic acids is 1. The molecule has 0 aromatic carbocycles. The lowest BCUT2D eigenvalue weighted by Crippen LogP contribution is -2.47. The molecule has 18 heavy (non-hydrogen) atoms. The van der Waals surface area contributed by atoms with Gasteiger partial charge in [0.15, 0.2) is 0 Å². The highest BCUT2D eigenvalue weighted by atomic mass is 32.2. The largest absolute Gasteiger partial charge is 0.477 e. The first-order valence-electron chi connectivity index (χ1n) is 5.36. The Hall–Kier alpha value is -0.960. The van der Waals surface area contributed by atoms with Crippen molar-refractivity contribution in [1.82, 2.24) is 4.72 Å². The average Bonchev–Trinajstić information content (AvgIpc) is 2.73. The van der Waals surface area contributed by atoms with Crippen LogP contribution in [0.2, 0.25) is 0 Å². The van der Waals surface area contributed by atoms with E-state index in [2.05, 4.69) is 4.72 Å². The van der Waals surface area contributed by atoms with Crippen LogP contribution >= 0.6 is 11.3 Å². The van der Waals surface area contributed by atoms with Crippen LogP contribution in [0.5, 0.6) is 0 Å². The summed E-state index contributed by atoms with van der Waals surface area (Å²) in [6.45, 7) is -0.0341. The van der Waals surface area contributed by atoms with Gasteiger partial charge < -0.3 is 10.2 Å². The van der Waals surface area contributed by atoms with Crippen molar-refractivity contribution in [3.8, 4) is 0 Å². The highest BCUT2D eigenvalue weighted by Crippen LogP contribution is 2.31. The van der Waals surface area contributed by atoms with E-state index in [1.807, 2.05) is 0 Å². The van der Waals surface area contributed by atoms with E-state index in [-0.39, 0.29) is 16.3 Å². The molecule has 0 spiro atoms. The Bertz CT molecular complexity index is 559. The predicted molar refractivity (Wildman–Crippen MR) is 65.3 cm³/mol. The molecule has 3 N–H and O–H groups in total. The monoisotopic (exact) mass is 291 g/mol. The molecule has 0 bridgehead atoms. The topological polar surface area (TPSA) is 104 Å². The summed E-state index contributed by atoms with van der Waals surface area (Å²) < 4.78 is 26.0. The van der Waals surface area contributed by atoms with Crippen LogP contribution < -0.4 is 4.72 Å². The fraction of sp³-hybridized carbons (Fsp3) is 0.500. The Morgan fingerprint density at radius 2 is 2.17 bits per heavy atom. The molecule has 0 atom stereocenters. The van der Waals surface area contributed by atoms with Gasteiger partial charge in [0.25, 0.3) is 0 Å². The lowest BCUT2D eigenvalue weighted by atomic mass is 9.81. The van der Waals surface area contributed by atoms with Crippen molar-refractivity contribution in [3.63, 3.8) is 0 Å². The van der Waals surface area contributed by atoms with Crippen molar-refractivity contribution < 1.29 is 23.4 Å². The third-order valence-electron chi connectivity index (χ3n) is 2.97. The van der Waals surface area contributed by atoms with Crippen molar-refractivity contribution in [2.75, 3.05) is 6.54 Å². The maximum absolute atomic E-state index is 11.8. The van der Waals surface area contributed by atoms with Crippen molar-refractivity contribution in [2.24, 2.45) is 0 Å². The third kappa shape index (κ3) is 2.72. The number of carboxylic acid groups (broad SMARTS) is 1. The fourth-order valence-corrected chi connectivity index (χ4v) is 3.88. The quantitative estimate of drug-likeness (QED) is 0.738. The molecule has 1 heterocycles. The molecule has 6 nitrogen and oxygen atoms in total. The lowest BCUT2D eigenvalue weighted by Gasteiger charge is -2.36. The average molecular weight is 291 g/mol. The van der Waals surface area contributed by atoms with E-state index >= 15 is 0 Å². The number of rotatable bonds is 5. The molecule has 0 aliphatic heterocycles. The number of carboxylic acids is 1. The summed E-state index contributed by atoms with van der Waals surface area (Å²) in [4.78, 5) is 10.6. The van der Waals surface area contributed by atoms with Crippen LogP contribution in [0.25, 0.3) is 0 Å². The third-order valence-corrected chi connectivity index (χ3v) is 5.42. The summed E-state index contributed by atoms with van der Waals surface area (Å²) in [5, 5.41) is 19.8. The van der Waals surface area contributed by atoms with Crippen LogP contribution in [0.15, 0.2) is 16.3 Å². The molecule has 100 valence electrons. The molecule has 0 radical (unpaired) electrons. The summed E-state index contributed by atoms with van der Waals surface area (Å²) in [5.41, 5.74) is -0.946. The maximum atomic E-state index is 11.8. The maximum Gasteiger partial charge on any atom is 0.345 e. The zero-order valence-electron chi connectivity index (χ0n) is 9.42. The Morgan fingerprint density at radius 1 is 1.50 bits per heavy atom. The van der Waals surface area contributed by atoms with E-state index in [4.69, 9.17) is 5.11 Å². The minimum Gasteiger partial charge on any atom is -0.477 e. The lowest BCUT2D eigenvalue weighted by molar-refractivity contribution is -0.0270. The molecular formula is C10H13NO5S2. The Labute approximate surface area is 108 Å². The fourth-order valence-electron chi connectivity index (χ4n) is 1.65. The summed E-state index contributed by atoms with van der Waals surface area (Å²) in [5.74, 6) is -1.15. The number of thiophene rings is 1. The van der Waals surface area contributed by atoms with Gasteiger partial charge in [0.05, 0.1) is 10.5 Å². The second kappa shape index (κ2) is 4.61. The zero-order valence-corrected chi connectivity index (χ0v) is 11.1. The van der Waals surface area contributed by atoms with Crippen LogP contribution in [-0.4, -0.2) is 36.7 Å². The number of hydrogen-bond donors (Lipinski definition) is 3. The van der Waals surface area contributed by atoms with Gasteiger partial charge in [0.2, 0.25) is 10.0 Å². The van der Waals surface area contributed by atoms with Crippen LogP contribution in [0.4, 0.5) is 0 Å². The van der Waals surface area contributed by atoms with E-state index < -0.39 is 21.6 Å². The van der Waals surface area contributed by atoms with Gasteiger partial charge in [-0.3, -0.25) is 0 Å². The molecule has 1 fully saturated rings. The minimum atomic E-state index is -3.75. The summed E-state index contributed by atoms with van der Waals surface area (Å²) in [6, 6.07) is 1.11. The Balaban J connectivity index is 2.07. The zero-order chi connectivity index (χ0) is 13.4. The van der Waals surface area contributed by atoms with Crippen LogP contribution in [0.3, 0.4) is 0 Å². The van der Waals surface area contributed by atoms with Crippen molar-refractivity contribution in [1.29, 1.82) is 0 Å². The number of sulfonamides is 1. The molecule has 1 aliphatic carbocycles. The molecular weight excluding hydrogens is 278 g/mol. The van der Waals surface area contributed by atoms with Gasteiger partial charge in [-0.25, -0.2) is 17.9 Å². The molecule has 1 aliphatic rings. The molecule has 8 heteroatoms. The molecule has 2 rings (SSSR count). The predicted octanol–water partition coefficient (Wildman–Crippen LogP) is 0.640. The molecule has 1 aromatic heterocycles. The summed E-state index contributed by atoms with van der Waals surface area (Å²) in [7, 11) is -3.75. The Kier molecular flexibility index (Phi) is 3.45. The molecule has 0 amide bonds. The SMILES string of the molecule is O=C(O)c1cc(S(=O)(=O)NCC2(O)CCC2)cs1. The molecule has 0 unspecified atom stereocenters. The van der Waals surface area contributed by atoms with E-state index in [0.29, 0.717) is 12.8 Å². The van der Waals surface area contributed by atoms with E-state index in [9.17, 15) is 18.3 Å². The van der Waals surface area contributed by atoms with Gasteiger partial charge in [-0.15, -0.1) is 11.3 Å². The van der Waals surface area contributed by atoms with Crippen molar-refractivity contribution >= 4 is 27.3 Å². The normalized spacial score (nSPS) is 18.3. The highest BCUT2D eigenvalue weighted by molar-refractivity contribution is 7.89. The van der Waals surface area contributed by atoms with Gasteiger partial charge in [-0.05, 0) is 25.3 Å². The van der Waals surface area contributed by atoms with Crippen LogP contribution in [0.1, 0.15) is 28.9 Å². The van der Waals surface area contributed by atoms with Gasteiger partial charge in [-0.1, -0.05) is 0 Å². The number of aliphatic hydroxyl groups is 1. The number of carbonyl (C=O) groups is 1. The van der Waals surface area contributed by atoms with Gasteiger partial charge in [0, 0.05) is 11.9 Å².